The van der Waals surface area contributed by atoms with E-state index in [1.807, 2.05) is 0 Å². The second-order valence-electron chi connectivity index (χ2n) is 1.56. The molecule has 0 saturated heterocycles. The van der Waals surface area contributed by atoms with Crippen molar-refractivity contribution in [2.45, 2.75) is 6.92 Å². The maximum absolute atomic E-state index is 10.6. The molecule has 0 rings (SSSR count). The fourth-order valence-electron chi connectivity index (χ4n) is 0.411. The fraction of sp³-hybridized carbons (Fsp3) is 0.833. The second-order valence-corrected chi connectivity index (χ2v) is 2.49. The van der Waals surface area contributed by atoms with Gasteiger partial charge in [-0.25, -0.2) is 0 Å². The highest BCUT2D eigenvalue weighted by Crippen LogP contribution is 1.99. The third-order valence-corrected chi connectivity index (χ3v) is 1.57. The Bertz CT molecular complexity index is 95.0. The Labute approximate surface area is 65.1 Å². The van der Waals surface area contributed by atoms with Crippen LogP contribution in [-0.4, -0.2) is 31.4 Å². The average molecular weight is 164 g/mol. The van der Waals surface area contributed by atoms with E-state index in [0.29, 0.717) is 18.3 Å². The summed E-state index contributed by atoms with van der Waals surface area (Å²) >= 11 is 1.40. The van der Waals surface area contributed by atoms with Gasteiger partial charge in [0.1, 0.15) is 0 Å². The van der Waals surface area contributed by atoms with Crippen molar-refractivity contribution in [1.82, 2.24) is 0 Å². The van der Waals surface area contributed by atoms with Crippen LogP contribution in [0.2, 0.25) is 0 Å². The van der Waals surface area contributed by atoms with E-state index in [4.69, 9.17) is 4.74 Å². The maximum atomic E-state index is 10.6. The molecule has 0 aliphatic carbocycles. The molecule has 0 aromatic rings. The zero-order chi connectivity index (χ0) is 7.82. The fourth-order valence-corrected chi connectivity index (χ4v) is 0.911. The first-order chi connectivity index (χ1) is 4.81. The largest absolute Gasteiger partial charge is 0.465 e. The van der Waals surface area contributed by atoms with Crippen molar-refractivity contribution in [2.24, 2.45) is 0 Å². The Morgan fingerprint density at radius 3 is 2.80 bits per heavy atom. The smallest absolute Gasteiger partial charge is 0.315 e. The predicted octanol–water partition coefficient (Wildman–Crippen LogP) is 0.887. The summed E-state index contributed by atoms with van der Waals surface area (Å²) < 4.78 is 9.40. The van der Waals surface area contributed by atoms with E-state index in [1.54, 1.807) is 14.0 Å². The van der Waals surface area contributed by atoms with Gasteiger partial charge in [-0.3, -0.25) is 4.79 Å². The number of thioether (sulfide) groups is 1. The summed E-state index contributed by atoms with van der Waals surface area (Å²) in [5.74, 6) is 0.741. The van der Waals surface area contributed by atoms with Gasteiger partial charge in [0.05, 0.1) is 18.3 Å². The lowest BCUT2D eigenvalue weighted by molar-refractivity contribution is -0.139. The zero-order valence-corrected chi connectivity index (χ0v) is 7.07. The van der Waals surface area contributed by atoms with Crippen LogP contribution >= 0.6 is 11.8 Å². The van der Waals surface area contributed by atoms with Crippen LogP contribution in [0.25, 0.3) is 0 Å². The molecule has 10 heavy (non-hydrogen) atoms. The number of carbonyl (C=O) groups excluding carboxylic acids is 1. The molecule has 0 aliphatic heterocycles. The van der Waals surface area contributed by atoms with Crippen molar-refractivity contribution in [3.63, 3.8) is 0 Å². The first-order valence-corrected chi connectivity index (χ1v) is 4.19. The number of carbonyl (C=O) groups is 1. The molecule has 0 saturated carbocycles. The van der Waals surface area contributed by atoms with Crippen LogP contribution in [0.5, 0.6) is 0 Å². The molecule has 0 radical (unpaired) electrons. The molecular weight excluding hydrogens is 152 g/mol. The number of ether oxygens (including phenoxy) is 2. The molecule has 4 heteroatoms. The highest BCUT2D eigenvalue weighted by atomic mass is 32.2. The molecule has 0 aliphatic rings. The molecule has 0 amide bonds. The standard InChI is InChI=1S/C6H12O3S/c1-3-9-6(7)4-10-5-8-2/h3-5H2,1-2H3. The van der Waals surface area contributed by atoms with Crippen LogP contribution in [-0.2, 0) is 14.3 Å². The van der Waals surface area contributed by atoms with E-state index in [-0.39, 0.29) is 5.97 Å². The van der Waals surface area contributed by atoms with Gasteiger partial charge in [0, 0.05) is 7.11 Å². The van der Waals surface area contributed by atoms with Crippen molar-refractivity contribution in [3.05, 3.63) is 0 Å². The van der Waals surface area contributed by atoms with E-state index in [0.717, 1.165) is 0 Å². The molecule has 0 unspecified atom stereocenters. The van der Waals surface area contributed by atoms with Gasteiger partial charge < -0.3 is 9.47 Å². The zero-order valence-electron chi connectivity index (χ0n) is 6.25. The van der Waals surface area contributed by atoms with Crippen LogP contribution in [0.3, 0.4) is 0 Å². The lowest BCUT2D eigenvalue weighted by atomic mass is 10.8. The molecule has 0 spiro atoms. The van der Waals surface area contributed by atoms with Crippen molar-refractivity contribution in [2.75, 3.05) is 25.4 Å². The Kier molecular flexibility index (Phi) is 6.74. The minimum absolute atomic E-state index is 0.176. The number of esters is 1. The Hall–Kier alpha value is -0.220. The van der Waals surface area contributed by atoms with Crippen LogP contribution in [0.4, 0.5) is 0 Å². The lowest BCUT2D eigenvalue weighted by Crippen LogP contribution is -2.07. The van der Waals surface area contributed by atoms with Crippen molar-refractivity contribution in [1.29, 1.82) is 0 Å². The molecule has 0 atom stereocenters. The van der Waals surface area contributed by atoms with Crippen LogP contribution in [0.1, 0.15) is 6.92 Å². The molecule has 60 valence electrons. The van der Waals surface area contributed by atoms with E-state index < -0.39 is 0 Å². The summed E-state index contributed by atoms with van der Waals surface area (Å²) in [4.78, 5) is 10.6. The Morgan fingerprint density at radius 1 is 1.60 bits per heavy atom. The van der Waals surface area contributed by atoms with Gasteiger partial charge in [-0.15, -0.1) is 11.8 Å². The van der Waals surface area contributed by atoms with E-state index in [9.17, 15) is 4.79 Å². The lowest BCUT2D eigenvalue weighted by Gasteiger charge is -1.99. The first kappa shape index (κ1) is 9.78. The van der Waals surface area contributed by atoms with Gasteiger partial charge in [-0.2, -0.15) is 0 Å². The molecule has 0 aromatic carbocycles. The van der Waals surface area contributed by atoms with Gasteiger partial charge in [0.25, 0.3) is 0 Å². The molecule has 0 N–H and O–H groups in total. The topological polar surface area (TPSA) is 35.5 Å². The molecule has 0 heterocycles. The summed E-state index contributed by atoms with van der Waals surface area (Å²) in [6, 6.07) is 0. The monoisotopic (exact) mass is 164 g/mol. The minimum atomic E-state index is -0.176. The Morgan fingerprint density at radius 2 is 2.30 bits per heavy atom. The SMILES string of the molecule is CCOC(=O)CSCOC. The van der Waals surface area contributed by atoms with Gasteiger partial charge >= 0.3 is 5.97 Å². The summed E-state index contributed by atoms with van der Waals surface area (Å²) in [6.45, 7) is 2.24. The molecule has 3 nitrogen and oxygen atoms in total. The maximum Gasteiger partial charge on any atom is 0.315 e. The molecular formula is C6H12O3S. The summed E-state index contributed by atoms with van der Waals surface area (Å²) in [7, 11) is 1.60. The first-order valence-electron chi connectivity index (χ1n) is 3.03. The number of methoxy groups -OCH3 is 1. The van der Waals surface area contributed by atoms with Crippen molar-refractivity contribution < 1.29 is 14.3 Å². The molecule has 0 bridgehead atoms. The minimum Gasteiger partial charge on any atom is -0.465 e. The van der Waals surface area contributed by atoms with Crippen LogP contribution in [0, 0.1) is 0 Å². The quantitative estimate of drug-likeness (QED) is 0.343. The van der Waals surface area contributed by atoms with Crippen molar-refractivity contribution in [3.8, 4) is 0 Å². The van der Waals surface area contributed by atoms with E-state index >= 15 is 0 Å². The highest BCUT2D eigenvalue weighted by Gasteiger charge is 1.99. The molecule has 0 fully saturated rings. The highest BCUT2D eigenvalue weighted by molar-refractivity contribution is 7.99. The van der Waals surface area contributed by atoms with Crippen molar-refractivity contribution >= 4 is 17.7 Å². The number of rotatable bonds is 5. The van der Waals surface area contributed by atoms with Crippen LogP contribution in [0.15, 0.2) is 0 Å². The number of hydrogen-bond acceptors (Lipinski definition) is 4. The van der Waals surface area contributed by atoms with Gasteiger partial charge in [-0.05, 0) is 6.92 Å². The van der Waals surface area contributed by atoms with E-state index in [1.165, 1.54) is 11.8 Å². The molecule has 0 aromatic heterocycles. The average Bonchev–Trinajstić information content (AvgIpc) is 1.89. The van der Waals surface area contributed by atoms with Crippen LogP contribution < -0.4 is 0 Å². The van der Waals surface area contributed by atoms with Gasteiger partial charge in [0.2, 0.25) is 0 Å². The third-order valence-electron chi connectivity index (χ3n) is 0.726. The normalized spacial score (nSPS) is 9.40. The Balaban J connectivity index is 3.05. The third kappa shape index (κ3) is 5.91. The van der Waals surface area contributed by atoms with Gasteiger partial charge in [0.15, 0.2) is 0 Å². The van der Waals surface area contributed by atoms with Gasteiger partial charge in [-0.1, -0.05) is 0 Å². The summed E-state index contributed by atoms with van der Waals surface area (Å²) in [6.07, 6.45) is 0. The second kappa shape index (κ2) is 6.89. The summed E-state index contributed by atoms with van der Waals surface area (Å²) in [5.41, 5.74) is 0. The van der Waals surface area contributed by atoms with E-state index in [2.05, 4.69) is 4.74 Å². The summed E-state index contributed by atoms with van der Waals surface area (Å²) in [5, 5.41) is 0. The number of hydrogen-bond donors (Lipinski definition) is 0. The predicted molar refractivity (Wildman–Crippen MR) is 41.0 cm³/mol.